The highest BCUT2D eigenvalue weighted by Crippen LogP contribution is 2.31. The minimum atomic E-state index is -1.94. The van der Waals surface area contributed by atoms with Gasteiger partial charge in [-0.25, -0.2) is 0 Å². The standard InChI is InChI=1S/C54H97N7O27/c1-3-55-33(64)13-7-4-10-16-56-36(67)23-61(24-37(68)57-17-11-5-8-14-34(65)59-19-21-81-51-46(77)43(74)39(70)29(2)84-51)25-38(69)58-18-12-6-9-15-35(66)60-20-22-82-53-49(80)50(88-54-48(79)45(76)41(72)31(27-63)86-54)42(73)32(87-53)28-83-52-47(78)44(75)40(71)30(26-62)85-52/h29-32,39-54,62-63,70-80H,3-28H2,1-2H3,(H,55,64)(H,56,67)(H,57,68)(H,58,69)(H,59,65)(H,60,66)/t29-,30+,31+,32+,39+,40+,41+,42+,43+,44-,45-,46-,47-,48-,49-,50?,51+,52-,53-,54+/m0/s1. The van der Waals surface area contributed by atoms with Crippen molar-refractivity contribution in [2.24, 2.45) is 0 Å². The van der Waals surface area contributed by atoms with E-state index in [0.29, 0.717) is 77.3 Å². The molecule has 4 fully saturated rings. The maximum atomic E-state index is 13.1. The van der Waals surface area contributed by atoms with E-state index in [1.165, 1.54) is 11.8 Å². The Labute approximate surface area is 509 Å². The number of ether oxygens (including phenoxy) is 8. The SMILES string of the molecule is CCNC(=O)CCCCCNC(=O)CN(CC(=O)NCCCCCC(=O)NCCO[C@@H]1O[C@@H](C)[C@@H](O)[C@@H](O)[C@@H]1O)CC(=O)NCCCCCC(=O)NCCO[C@H]1O[C@H](CO[C@H]2O[C@H](CO)[C@@H](O)[C@H](O)[C@@H]2O)[C@@H](O)C(O[C@H]2O[C@H](CO)[C@@H](O)[C@H](O)[C@@H]2O)[C@@H]1O. The summed E-state index contributed by atoms with van der Waals surface area (Å²) in [7, 11) is 0. The number of aliphatic hydroxyl groups excluding tert-OH is 13. The summed E-state index contributed by atoms with van der Waals surface area (Å²) in [4.78, 5) is 77.3. The lowest BCUT2D eigenvalue weighted by atomic mass is 9.96. The molecular weight excluding hydrogens is 1180 g/mol. The fraction of sp³-hybridized carbons (Fsp3) is 0.889. The molecule has 4 saturated heterocycles. The molecule has 0 radical (unpaired) electrons. The van der Waals surface area contributed by atoms with Crippen LogP contribution in [-0.2, 0) is 66.7 Å². The zero-order valence-electron chi connectivity index (χ0n) is 49.9. The average molecular weight is 1280 g/mol. The molecule has 1 unspecified atom stereocenters. The molecule has 20 atom stereocenters. The van der Waals surface area contributed by atoms with E-state index in [1.54, 1.807) is 0 Å². The van der Waals surface area contributed by atoms with Crippen molar-refractivity contribution in [1.82, 2.24) is 36.8 Å². The Morgan fingerprint density at radius 1 is 0.386 bits per heavy atom. The molecule has 4 aliphatic heterocycles. The molecule has 0 aromatic carbocycles. The van der Waals surface area contributed by atoms with Crippen molar-refractivity contribution in [2.75, 3.05) is 91.9 Å². The molecule has 4 heterocycles. The molecule has 34 nitrogen and oxygen atoms in total. The van der Waals surface area contributed by atoms with Crippen molar-refractivity contribution in [3.05, 3.63) is 0 Å². The van der Waals surface area contributed by atoms with Gasteiger partial charge in [0.1, 0.15) is 91.6 Å². The maximum absolute atomic E-state index is 13.1. The van der Waals surface area contributed by atoms with E-state index in [2.05, 4.69) is 31.9 Å². The summed E-state index contributed by atoms with van der Waals surface area (Å²) in [5.74, 6) is -1.98. The van der Waals surface area contributed by atoms with E-state index in [4.69, 9.17) is 37.9 Å². The number of rotatable bonds is 40. The molecule has 0 aromatic rings. The monoisotopic (exact) mass is 1280 g/mol. The Hall–Kier alpha value is -4.06. The molecule has 88 heavy (non-hydrogen) atoms. The topological polar surface area (TPSA) is 515 Å². The first-order valence-corrected chi connectivity index (χ1v) is 30.2. The number of hydrogen-bond donors (Lipinski definition) is 19. The molecule has 34 heteroatoms. The van der Waals surface area contributed by atoms with Gasteiger partial charge in [-0.15, -0.1) is 0 Å². The van der Waals surface area contributed by atoms with Crippen LogP contribution in [0.1, 0.15) is 90.9 Å². The quantitative estimate of drug-likeness (QED) is 0.0253. The predicted molar refractivity (Wildman–Crippen MR) is 299 cm³/mol. The Balaban J connectivity index is 1.17. The van der Waals surface area contributed by atoms with E-state index in [1.807, 2.05) is 6.92 Å². The Morgan fingerprint density at radius 2 is 0.761 bits per heavy atom. The normalized spacial score (nSPS) is 32.5. The maximum Gasteiger partial charge on any atom is 0.234 e. The molecule has 6 amide bonds. The van der Waals surface area contributed by atoms with Crippen molar-refractivity contribution in [2.45, 2.75) is 214 Å². The predicted octanol–water partition coefficient (Wildman–Crippen LogP) is -9.00. The molecule has 19 N–H and O–H groups in total. The van der Waals surface area contributed by atoms with Crippen LogP contribution < -0.4 is 31.9 Å². The van der Waals surface area contributed by atoms with Crippen LogP contribution in [-0.4, -0.2) is 321 Å². The van der Waals surface area contributed by atoms with Crippen LogP contribution in [0.4, 0.5) is 0 Å². The summed E-state index contributed by atoms with van der Waals surface area (Å²) in [6.07, 6.45) is -26.3. The fourth-order valence-corrected chi connectivity index (χ4v) is 9.80. The van der Waals surface area contributed by atoms with Gasteiger partial charge in [0, 0.05) is 58.5 Å². The number of nitrogens with one attached hydrogen (secondary N) is 6. The van der Waals surface area contributed by atoms with E-state index in [-0.39, 0.29) is 89.6 Å². The van der Waals surface area contributed by atoms with Gasteiger partial charge in [-0.05, 0) is 52.4 Å². The zero-order chi connectivity index (χ0) is 64.9. The molecule has 4 rings (SSSR count). The lowest BCUT2D eigenvalue weighted by Crippen LogP contribution is -2.65. The number of carbonyl (C=O) groups excluding carboxylic acids is 6. The summed E-state index contributed by atoms with van der Waals surface area (Å²) in [6, 6.07) is 0. The van der Waals surface area contributed by atoms with Crippen LogP contribution in [0.2, 0.25) is 0 Å². The summed E-state index contributed by atoms with van der Waals surface area (Å²) >= 11 is 0. The molecular formula is C54H97N7O27. The third kappa shape index (κ3) is 25.6. The third-order valence-corrected chi connectivity index (χ3v) is 15.0. The van der Waals surface area contributed by atoms with Crippen LogP contribution in [0.5, 0.6) is 0 Å². The highest BCUT2D eigenvalue weighted by atomic mass is 16.8. The molecule has 0 saturated carbocycles. The average Bonchev–Trinajstić information content (AvgIpc) is 2.68. The van der Waals surface area contributed by atoms with Gasteiger partial charge < -0.3 is 136 Å². The number of carbonyl (C=O) groups is 6. The Bertz CT molecular complexity index is 2060. The van der Waals surface area contributed by atoms with E-state index >= 15 is 0 Å². The van der Waals surface area contributed by atoms with Gasteiger partial charge in [-0.2, -0.15) is 0 Å². The highest BCUT2D eigenvalue weighted by Gasteiger charge is 2.52. The van der Waals surface area contributed by atoms with Crippen molar-refractivity contribution in [3.8, 4) is 0 Å². The molecule has 510 valence electrons. The van der Waals surface area contributed by atoms with Gasteiger partial charge in [0.15, 0.2) is 25.2 Å². The number of hydrogen-bond acceptors (Lipinski definition) is 28. The zero-order valence-corrected chi connectivity index (χ0v) is 49.9. The highest BCUT2D eigenvalue weighted by molar-refractivity contribution is 5.84. The second-order valence-electron chi connectivity index (χ2n) is 22.1. The van der Waals surface area contributed by atoms with Crippen molar-refractivity contribution < 1.29 is 133 Å². The first-order chi connectivity index (χ1) is 42.0. The van der Waals surface area contributed by atoms with Gasteiger partial charge in [-0.3, -0.25) is 33.7 Å². The van der Waals surface area contributed by atoms with Crippen LogP contribution >= 0.6 is 0 Å². The number of amides is 6. The van der Waals surface area contributed by atoms with Crippen LogP contribution in [0.3, 0.4) is 0 Å². The first kappa shape index (κ1) is 76.4. The molecule has 0 aliphatic carbocycles. The largest absolute Gasteiger partial charge is 0.394 e. The second-order valence-corrected chi connectivity index (χ2v) is 22.1. The van der Waals surface area contributed by atoms with Crippen molar-refractivity contribution in [1.29, 1.82) is 0 Å². The minimum absolute atomic E-state index is 0.0122. The van der Waals surface area contributed by atoms with Gasteiger partial charge in [0.25, 0.3) is 0 Å². The fourth-order valence-electron chi connectivity index (χ4n) is 9.80. The Morgan fingerprint density at radius 3 is 1.20 bits per heavy atom. The molecule has 0 aromatic heterocycles. The van der Waals surface area contributed by atoms with Crippen LogP contribution in [0.15, 0.2) is 0 Å². The van der Waals surface area contributed by atoms with E-state index in [9.17, 15) is 95.2 Å². The lowest BCUT2D eigenvalue weighted by Gasteiger charge is -2.46. The van der Waals surface area contributed by atoms with Gasteiger partial charge in [0.2, 0.25) is 35.4 Å². The second kappa shape index (κ2) is 40.7. The number of nitrogens with zero attached hydrogens (tertiary/aromatic N) is 1. The van der Waals surface area contributed by atoms with Gasteiger partial charge >= 0.3 is 0 Å². The third-order valence-electron chi connectivity index (χ3n) is 15.0. The van der Waals surface area contributed by atoms with E-state index in [0.717, 1.165) is 0 Å². The van der Waals surface area contributed by atoms with Gasteiger partial charge in [-0.1, -0.05) is 19.3 Å². The van der Waals surface area contributed by atoms with E-state index < -0.39 is 160 Å². The smallest absolute Gasteiger partial charge is 0.234 e. The molecule has 0 bridgehead atoms. The lowest BCUT2D eigenvalue weighted by molar-refractivity contribution is -0.366. The summed E-state index contributed by atoms with van der Waals surface area (Å²) < 4.78 is 44.3. The number of unbranched alkanes of at least 4 members (excludes halogenated alkanes) is 6. The minimum Gasteiger partial charge on any atom is -0.394 e. The first-order valence-electron chi connectivity index (χ1n) is 30.2. The van der Waals surface area contributed by atoms with Crippen LogP contribution in [0.25, 0.3) is 0 Å². The summed E-state index contributed by atoms with van der Waals surface area (Å²) in [6.45, 7) is 1.31. The molecule has 0 spiro atoms. The summed E-state index contributed by atoms with van der Waals surface area (Å²) in [5, 5.41) is 150. The molecule has 4 aliphatic rings. The Kier molecular flexibility index (Phi) is 35.4. The van der Waals surface area contributed by atoms with Crippen molar-refractivity contribution >= 4 is 35.4 Å². The summed E-state index contributed by atoms with van der Waals surface area (Å²) in [5.41, 5.74) is 0. The van der Waals surface area contributed by atoms with Gasteiger partial charge in [0.05, 0.1) is 58.8 Å². The number of aliphatic hydroxyl groups is 13. The van der Waals surface area contributed by atoms with Crippen LogP contribution in [0, 0.1) is 0 Å². The van der Waals surface area contributed by atoms with Crippen molar-refractivity contribution in [3.63, 3.8) is 0 Å².